The highest BCUT2D eigenvalue weighted by molar-refractivity contribution is 14.1. The molecule has 100 valence electrons. The molecule has 2 rings (SSSR count). The highest BCUT2D eigenvalue weighted by atomic mass is 127. The van der Waals surface area contributed by atoms with Crippen LogP contribution in [0.4, 0.5) is 4.79 Å². The molecule has 0 saturated heterocycles. The summed E-state index contributed by atoms with van der Waals surface area (Å²) >= 11 is 2.12. The number of nitrogens with zero attached hydrogens (tertiary/aromatic N) is 2. The molecule has 0 fully saturated rings. The molecule has 0 aliphatic rings. The van der Waals surface area contributed by atoms with Gasteiger partial charge in [-0.25, -0.2) is 15.2 Å². The number of ether oxygens (including phenoxy) is 1. The number of rotatable bonds is 2. The van der Waals surface area contributed by atoms with Crippen LogP contribution in [0.25, 0.3) is 5.65 Å². The molecule has 0 bridgehead atoms. The number of fused-ring (bicyclic) bond motifs is 1. The van der Waals surface area contributed by atoms with Crippen molar-refractivity contribution in [2.75, 3.05) is 6.61 Å². The Morgan fingerprint density at radius 2 is 2.26 bits per heavy atom. The van der Waals surface area contributed by atoms with Gasteiger partial charge in [0.05, 0.1) is 18.4 Å². The smallest absolute Gasteiger partial charge is 0.426 e. The molecule has 0 unspecified atom stereocenters. The topological polar surface area (TPSA) is 84.7 Å². The summed E-state index contributed by atoms with van der Waals surface area (Å²) in [6.07, 6.45) is 2.76. The van der Waals surface area contributed by atoms with Gasteiger partial charge in [0.2, 0.25) is 0 Å². The lowest BCUT2D eigenvalue weighted by Crippen LogP contribution is -2.42. The minimum atomic E-state index is -0.708. The Labute approximate surface area is 122 Å². The fourth-order valence-electron chi connectivity index (χ4n) is 1.50. The van der Waals surface area contributed by atoms with E-state index in [4.69, 9.17) is 0 Å². The minimum absolute atomic E-state index is 0.232. The second-order valence-electron chi connectivity index (χ2n) is 3.50. The average molecular weight is 374 g/mol. The number of halogens is 1. The number of amides is 2. The zero-order valence-electron chi connectivity index (χ0n) is 10.0. The lowest BCUT2D eigenvalue weighted by Gasteiger charge is -2.07. The fraction of sp³-hybridized carbons (Fsp3) is 0.182. The summed E-state index contributed by atoms with van der Waals surface area (Å²) in [5, 5.41) is 0. The SMILES string of the molecule is CCOC(=O)NNC(=O)c1cccn2c(I)cnc12. The van der Waals surface area contributed by atoms with Crippen molar-refractivity contribution < 1.29 is 14.3 Å². The molecule has 8 heteroatoms. The molecule has 0 saturated carbocycles. The van der Waals surface area contributed by atoms with E-state index >= 15 is 0 Å². The first-order valence-corrected chi connectivity index (χ1v) is 6.56. The minimum Gasteiger partial charge on any atom is -0.449 e. The Balaban J connectivity index is 2.15. The van der Waals surface area contributed by atoms with E-state index in [0.717, 1.165) is 3.70 Å². The number of hydrazine groups is 1. The van der Waals surface area contributed by atoms with Crippen LogP contribution in [-0.2, 0) is 4.74 Å². The first-order chi connectivity index (χ1) is 9.13. The van der Waals surface area contributed by atoms with Crippen molar-refractivity contribution in [2.45, 2.75) is 6.92 Å². The standard InChI is InChI=1S/C11H11IN4O3/c1-2-19-11(18)15-14-10(17)7-4-3-5-16-8(12)6-13-9(7)16/h3-6H,2H2,1H3,(H,14,17)(H,15,18). The highest BCUT2D eigenvalue weighted by Gasteiger charge is 2.13. The van der Waals surface area contributed by atoms with E-state index < -0.39 is 12.0 Å². The molecule has 0 aliphatic carbocycles. The first kappa shape index (κ1) is 13.6. The van der Waals surface area contributed by atoms with Crippen molar-refractivity contribution in [3.63, 3.8) is 0 Å². The quantitative estimate of drug-likeness (QED) is 0.614. The Hall–Kier alpha value is -1.84. The molecule has 0 atom stereocenters. The van der Waals surface area contributed by atoms with Crippen molar-refractivity contribution in [1.29, 1.82) is 0 Å². The lowest BCUT2D eigenvalue weighted by atomic mass is 10.2. The lowest BCUT2D eigenvalue weighted by molar-refractivity contribution is 0.0914. The number of nitrogens with one attached hydrogen (secondary N) is 2. The molecule has 0 aromatic carbocycles. The van der Waals surface area contributed by atoms with Gasteiger partial charge in [-0.05, 0) is 41.6 Å². The van der Waals surface area contributed by atoms with Gasteiger partial charge < -0.3 is 4.74 Å². The van der Waals surface area contributed by atoms with Crippen LogP contribution in [-0.4, -0.2) is 28.0 Å². The van der Waals surface area contributed by atoms with Gasteiger partial charge in [-0.2, -0.15) is 0 Å². The molecule has 2 aromatic heterocycles. The molecule has 2 amide bonds. The van der Waals surface area contributed by atoms with E-state index in [0.29, 0.717) is 11.2 Å². The molecule has 0 radical (unpaired) electrons. The molecule has 0 aliphatic heterocycles. The monoisotopic (exact) mass is 374 g/mol. The van der Waals surface area contributed by atoms with Crippen molar-refractivity contribution >= 4 is 40.2 Å². The van der Waals surface area contributed by atoms with E-state index in [1.54, 1.807) is 35.9 Å². The van der Waals surface area contributed by atoms with Gasteiger partial charge >= 0.3 is 6.09 Å². The van der Waals surface area contributed by atoms with E-state index in [1.165, 1.54) is 0 Å². The molecule has 2 aromatic rings. The third-order valence-electron chi connectivity index (χ3n) is 2.29. The van der Waals surface area contributed by atoms with Gasteiger partial charge in [0.25, 0.3) is 5.91 Å². The van der Waals surface area contributed by atoms with Crippen LogP contribution in [0.5, 0.6) is 0 Å². The largest absolute Gasteiger partial charge is 0.449 e. The van der Waals surface area contributed by atoms with Crippen molar-refractivity contribution in [1.82, 2.24) is 20.2 Å². The number of aromatic nitrogens is 2. The van der Waals surface area contributed by atoms with Crippen LogP contribution in [0.1, 0.15) is 17.3 Å². The summed E-state index contributed by atoms with van der Waals surface area (Å²) in [5.74, 6) is -0.458. The summed E-state index contributed by atoms with van der Waals surface area (Å²) in [6, 6.07) is 3.36. The number of pyridine rings is 1. The number of hydrogen-bond donors (Lipinski definition) is 2. The number of carbonyl (C=O) groups is 2. The Morgan fingerprint density at radius 1 is 1.47 bits per heavy atom. The second kappa shape index (κ2) is 5.87. The van der Waals surface area contributed by atoms with Crippen LogP contribution >= 0.6 is 22.6 Å². The number of imidazole rings is 1. The van der Waals surface area contributed by atoms with Crippen LogP contribution in [0.2, 0.25) is 0 Å². The van der Waals surface area contributed by atoms with Gasteiger partial charge in [-0.1, -0.05) is 0 Å². The molecular weight excluding hydrogens is 363 g/mol. The normalized spacial score (nSPS) is 10.2. The average Bonchev–Trinajstić information content (AvgIpc) is 2.78. The van der Waals surface area contributed by atoms with E-state index in [2.05, 4.69) is 43.2 Å². The third kappa shape index (κ3) is 2.95. The summed E-state index contributed by atoms with van der Waals surface area (Å²) < 4.78 is 7.30. The van der Waals surface area contributed by atoms with Crippen molar-refractivity contribution in [3.05, 3.63) is 33.8 Å². The number of carbonyl (C=O) groups excluding carboxylic acids is 2. The zero-order valence-corrected chi connectivity index (χ0v) is 12.2. The molecule has 7 nitrogen and oxygen atoms in total. The van der Waals surface area contributed by atoms with E-state index in [-0.39, 0.29) is 6.61 Å². The van der Waals surface area contributed by atoms with Gasteiger partial charge in [0.15, 0.2) is 0 Å². The molecule has 2 heterocycles. The third-order valence-corrected chi connectivity index (χ3v) is 3.09. The van der Waals surface area contributed by atoms with Gasteiger partial charge in [0, 0.05) is 6.20 Å². The predicted octanol–water partition coefficient (Wildman–Crippen LogP) is 1.33. The second-order valence-corrected chi connectivity index (χ2v) is 4.60. The number of hydrogen-bond acceptors (Lipinski definition) is 4. The summed E-state index contributed by atoms with van der Waals surface area (Å²) in [5.41, 5.74) is 5.31. The Kier molecular flexibility index (Phi) is 4.20. The molecule has 0 spiro atoms. The van der Waals surface area contributed by atoms with E-state index in [1.807, 2.05) is 0 Å². The maximum atomic E-state index is 11.9. The summed E-state index contributed by atoms with van der Waals surface area (Å²) in [6.45, 7) is 1.91. The molecule has 19 heavy (non-hydrogen) atoms. The maximum absolute atomic E-state index is 11.9. The van der Waals surface area contributed by atoms with Crippen LogP contribution in [0.3, 0.4) is 0 Å². The van der Waals surface area contributed by atoms with Crippen molar-refractivity contribution in [3.8, 4) is 0 Å². The predicted molar refractivity (Wildman–Crippen MR) is 75.5 cm³/mol. The summed E-state index contributed by atoms with van der Waals surface area (Å²) in [4.78, 5) is 27.2. The van der Waals surface area contributed by atoms with Gasteiger partial charge in [-0.3, -0.25) is 14.6 Å². The Bertz CT molecular complexity index is 625. The van der Waals surface area contributed by atoms with Crippen LogP contribution < -0.4 is 10.9 Å². The van der Waals surface area contributed by atoms with Crippen LogP contribution in [0, 0.1) is 3.70 Å². The van der Waals surface area contributed by atoms with Crippen molar-refractivity contribution in [2.24, 2.45) is 0 Å². The first-order valence-electron chi connectivity index (χ1n) is 5.48. The highest BCUT2D eigenvalue weighted by Crippen LogP contribution is 2.13. The van der Waals surface area contributed by atoms with Gasteiger partial charge in [-0.15, -0.1) is 0 Å². The van der Waals surface area contributed by atoms with Crippen LogP contribution in [0.15, 0.2) is 24.5 Å². The maximum Gasteiger partial charge on any atom is 0.426 e. The Morgan fingerprint density at radius 3 is 3.00 bits per heavy atom. The fourth-order valence-corrected chi connectivity index (χ4v) is 2.03. The van der Waals surface area contributed by atoms with Gasteiger partial charge in [0.1, 0.15) is 9.35 Å². The molecule has 2 N–H and O–H groups in total. The molecular formula is C11H11IN4O3. The summed E-state index contributed by atoms with van der Waals surface area (Å²) in [7, 11) is 0. The zero-order chi connectivity index (χ0) is 13.8. The van der Waals surface area contributed by atoms with E-state index in [9.17, 15) is 9.59 Å².